The van der Waals surface area contributed by atoms with E-state index in [0.717, 1.165) is 6.42 Å². The van der Waals surface area contributed by atoms with Gasteiger partial charge in [0.25, 0.3) is 0 Å². The molecule has 0 fully saturated rings. The summed E-state index contributed by atoms with van der Waals surface area (Å²) >= 11 is 2.21. The van der Waals surface area contributed by atoms with Crippen LogP contribution in [0.25, 0.3) is 11.1 Å². The van der Waals surface area contributed by atoms with Crippen LogP contribution in [-0.2, 0) is 32.1 Å². The van der Waals surface area contributed by atoms with E-state index in [4.69, 9.17) is 0 Å². The van der Waals surface area contributed by atoms with Crippen molar-refractivity contribution in [1.29, 1.82) is 0 Å². The minimum Gasteiger partial charge on any atom is -0.147 e. The van der Waals surface area contributed by atoms with Crippen molar-refractivity contribution in [3.8, 4) is 11.1 Å². The van der Waals surface area contributed by atoms with Crippen LogP contribution in [0.2, 0.25) is 0 Å². The average molecular weight is 925 g/mol. The minimum atomic E-state index is -2.66. The van der Waals surface area contributed by atoms with E-state index in [1.807, 2.05) is 0 Å². The molecule has 5 heteroatoms. The Morgan fingerprint density at radius 1 is 0.636 bits per heavy atom. The molecule has 4 aromatic carbocycles. The van der Waals surface area contributed by atoms with Gasteiger partial charge in [-0.25, -0.2) is 0 Å². The zero-order valence-electron chi connectivity index (χ0n) is 26.2. The third-order valence-corrected chi connectivity index (χ3v) is 18.4. The molecular weight excluding hydrogens is 884 g/mol. The number of fused-ring (bicyclic) bond motifs is 3. The van der Waals surface area contributed by atoms with Gasteiger partial charge in [-0.1, -0.05) is 0 Å². The molecule has 0 saturated carbocycles. The van der Waals surface area contributed by atoms with Crippen LogP contribution in [0.3, 0.4) is 0 Å². The zero-order valence-corrected chi connectivity index (χ0v) is 34.6. The first-order valence-electron chi connectivity index (χ1n) is 14.8. The number of benzene rings is 4. The average Bonchev–Trinajstić information content (AvgIpc) is 3.58. The monoisotopic (exact) mass is 922 g/mol. The molecule has 2 aliphatic rings. The van der Waals surface area contributed by atoms with Crippen molar-refractivity contribution in [3.05, 3.63) is 147 Å². The van der Waals surface area contributed by atoms with Gasteiger partial charge in [-0.3, -0.25) is 0 Å². The van der Waals surface area contributed by atoms with Crippen molar-refractivity contribution in [1.82, 2.24) is 0 Å². The summed E-state index contributed by atoms with van der Waals surface area (Å²) in [4.78, 5) is 0. The Labute approximate surface area is 311 Å². The van der Waals surface area contributed by atoms with E-state index in [0.29, 0.717) is 3.63 Å². The van der Waals surface area contributed by atoms with Crippen molar-refractivity contribution in [2.24, 2.45) is 0 Å². The topological polar surface area (TPSA) is 0 Å². The van der Waals surface area contributed by atoms with E-state index in [1.54, 1.807) is 17.6 Å². The normalized spacial score (nSPS) is 13.9. The quantitative estimate of drug-likeness (QED) is 0.179. The van der Waals surface area contributed by atoms with Crippen LogP contribution in [0.4, 0.5) is 0 Å². The first-order chi connectivity index (χ1) is 19.9. The summed E-state index contributed by atoms with van der Waals surface area (Å²) in [5.41, 5.74) is 11.8. The number of halogens is 4. The third kappa shape index (κ3) is 7.18. The van der Waals surface area contributed by atoms with Gasteiger partial charge in [-0.15, -0.1) is 24.8 Å². The van der Waals surface area contributed by atoms with E-state index < -0.39 is 21.3 Å². The summed E-state index contributed by atoms with van der Waals surface area (Å²) in [6.45, 7) is 14.0. The Balaban J connectivity index is 0.00000221. The molecule has 0 nitrogen and oxygen atoms in total. The molecule has 4 aromatic rings. The summed E-state index contributed by atoms with van der Waals surface area (Å²) < 4.78 is 6.30. The smallest absolute Gasteiger partial charge is 0.147 e. The molecule has 0 aliphatic heterocycles. The predicted molar refractivity (Wildman–Crippen MR) is 209 cm³/mol. The predicted octanol–water partition coefficient (Wildman–Crippen LogP) is 12.1. The van der Waals surface area contributed by atoms with Crippen molar-refractivity contribution in [3.63, 3.8) is 0 Å². The third-order valence-electron chi connectivity index (χ3n) is 8.69. The Bertz CT molecular complexity index is 1660. The van der Waals surface area contributed by atoms with E-state index in [2.05, 4.69) is 190 Å². The molecule has 0 N–H and O–H groups in total. The minimum absolute atomic E-state index is 0. The van der Waals surface area contributed by atoms with Crippen molar-refractivity contribution in [2.45, 2.75) is 62.4 Å². The van der Waals surface area contributed by atoms with Gasteiger partial charge >= 0.3 is 290 Å². The summed E-state index contributed by atoms with van der Waals surface area (Å²) in [6, 6.07) is 33.5. The SMILES string of the molecule is CC(C)(C)c1ccc2c(c1)-c1cc(C(C)(C)C)ccc1[CH]2[Zr]([C]1=CC=CC1)=[C](c1ccc(I)cc1)c1ccc(I)cc1.Cl.Cl. The molecule has 0 spiro atoms. The molecule has 2 aliphatic carbocycles. The van der Waals surface area contributed by atoms with E-state index in [-0.39, 0.29) is 35.6 Å². The van der Waals surface area contributed by atoms with Crippen LogP contribution < -0.4 is 0 Å². The maximum Gasteiger partial charge on any atom is -0.147 e. The van der Waals surface area contributed by atoms with Gasteiger partial charge in [0.05, 0.1) is 0 Å². The second-order valence-corrected chi connectivity index (χ2v) is 22.4. The van der Waals surface area contributed by atoms with Crippen LogP contribution in [0.15, 0.2) is 106 Å². The van der Waals surface area contributed by atoms with Gasteiger partial charge in [-0.2, -0.15) is 0 Å². The molecule has 0 unspecified atom stereocenters. The Kier molecular flexibility index (Phi) is 11.5. The summed E-state index contributed by atoms with van der Waals surface area (Å²) in [7, 11) is 0. The maximum atomic E-state index is 2.53. The van der Waals surface area contributed by atoms with Crippen LogP contribution in [-0.4, -0.2) is 3.21 Å². The maximum absolute atomic E-state index is 2.66. The van der Waals surface area contributed by atoms with Gasteiger partial charge in [0.2, 0.25) is 0 Å². The summed E-state index contributed by atoms with van der Waals surface area (Å²) in [5, 5.41) is 0. The second-order valence-electron chi connectivity index (χ2n) is 13.7. The van der Waals surface area contributed by atoms with E-state index in [1.165, 1.54) is 40.5 Å². The van der Waals surface area contributed by atoms with Crippen LogP contribution in [0.1, 0.15) is 85.0 Å². The van der Waals surface area contributed by atoms with Gasteiger partial charge in [0.1, 0.15) is 0 Å². The largest absolute Gasteiger partial charge is 0.147 e. The fourth-order valence-electron chi connectivity index (χ4n) is 6.34. The van der Waals surface area contributed by atoms with Gasteiger partial charge in [0.15, 0.2) is 0 Å². The number of allylic oxidation sites excluding steroid dienone is 4. The van der Waals surface area contributed by atoms with Crippen molar-refractivity contribution < 1.29 is 21.3 Å². The first kappa shape index (κ1) is 36.0. The molecule has 0 atom stereocenters. The Morgan fingerprint density at radius 2 is 1.07 bits per heavy atom. The van der Waals surface area contributed by atoms with Crippen LogP contribution >= 0.6 is 70.0 Å². The fraction of sp³-hybridized carbons (Fsp3) is 0.256. The van der Waals surface area contributed by atoms with Crippen LogP contribution in [0.5, 0.6) is 0 Å². The number of hydrogen-bond donors (Lipinski definition) is 0. The second kappa shape index (κ2) is 14.1. The fourth-order valence-corrected chi connectivity index (χ4v) is 16.1. The molecular formula is C39H40Cl2I2Zr. The zero-order chi connectivity index (χ0) is 29.8. The molecule has 0 bridgehead atoms. The Hall–Kier alpha value is -0.847. The van der Waals surface area contributed by atoms with Crippen molar-refractivity contribution in [2.75, 3.05) is 0 Å². The molecule has 0 heterocycles. The van der Waals surface area contributed by atoms with Crippen molar-refractivity contribution >= 4 is 73.2 Å². The Morgan fingerprint density at radius 3 is 1.43 bits per heavy atom. The molecule has 44 heavy (non-hydrogen) atoms. The summed E-state index contributed by atoms with van der Waals surface area (Å²) in [6.07, 6.45) is 8.22. The molecule has 6 rings (SSSR count). The molecule has 0 radical (unpaired) electrons. The van der Waals surface area contributed by atoms with Gasteiger partial charge < -0.3 is 0 Å². The first-order valence-corrected chi connectivity index (χ1v) is 20.9. The van der Waals surface area contributed by atoms with E-state index >= 15 is 0 Å². The van der Waals surface area contributed by atoms with E-state index in [9.17, 15) is 0 Å². The number of hydrogen-bond acceptors (Lipinski definition) is 0. The molecule has 0 saturated heterocycles. The van der Waals surface area contributed by atoms with Gasteiger partial charge in [-0.05, 0) is 0 Å². The van der Waals surface area contributed by atoms with Gasteiger partial charge in [0, 0.05) is 0 Å². The molecule has 0 aromatic heterocycles. The number of rotatable bonds is 4. The standard InChI is InChI=1S/C21H25.C13H8I2.C5H5.2ClH.Zr/c1-20(2,3)16-9-7-14-11-15-8-10-17(21(4,5)6)13-19(15)18(14)12-16;14-12-5-1-10(2-6-12)9-11-3-7-13(15)8-4-11;1-2-4-5-3-1;;;/h7-13H,1-6H3;1-8H;1-3H,4H2;2*1H;. The molecule has 228 valence electrons. The summed E-state index contributed by atoms with van der Waals surface area (Å²) in [5.74, 6) is 0. The van der Waals surface area contributed by atoms with Crippen LogP contribution in [0, 0.1) is 7.14 Å². The molecule has 0 amide bonds.